The Morgan fingerprint density at radius 1 is 1.14 bits per heavy atom. The molecule has 14 heavy (non-hydrogen) atoms. The summed E-state index contributed by atoms with van der Waals surface area (Å²) in [7, 11) is 0. The van der Waals surface area contributed by atoms with E-state index in [0.717, 1.165) is 6.33 Å². The van der Waals surface area contributed by atoms with Crippen LogP contribution in [0.4, 0.5) is 4.39 Å². The summed E-state index contributed by atoms with van der Waals surface area (Å²) in [6.45, 7) is 0. The van der Waals surface area contributed by atoms with Crippen molar-refractivity contribution in [1.82, 2.24) is 15.0 Å². The van der Waals surface area contributed by atoms with Gasteiger partial charge in [0.25, 0.3) is 0 Å². The second-order valence-electron chi connectivity index (χ2n) is 2.66. The Labute approximate surface area is 78.5 Å². The Balaban J connectivity index is 2.50. The van der Waals surface area contributed by atoms with E-state index in [9.17, 15) is 9.18 Å². The Morgan fingerprint density at radius 3 is 2.50 bits per heavy atom. The first-order valence-electron chi connectivity index (χ1n) is 3.93. The highest BCUT2D eigenvalue weighted by Crippen LogP contribution is 2.12. The summed E-state index contributed by atoms with van der Waals surface area (Å²) in [4.78, 5) is 20.5. The standard InChI is InChI=1S/C9H6FN3O/c10-7-3-1-6(2-4-7)8-11-5-12-9(14)13-8/h1-5H,(H,11,12,13,14). The molecule has 4 nitrogen and oxygen atoms in total. The van der Waals surface area contributed by atoms with Crippen molar-refractivity contribution in [3.05, 3.63) is 46.9 Å². The number of halogens is 1. The van der Waals surface area contributed by atoms with Crippen molar-refractivity contribution >= 4 is 0 Å². The van der Waals surface area contributed by atoms with Crippen molar-refractivity contribution in [1.29, 1.82) is 0 Å². The number of aromatic nitrogens is 3. The third kappa shape index (κ3) is 1.66. The summed E-state index contributed by atoms with van der Waals surface area (Å²) in [6, 6.07) is 5.67. The van der Waals surface area contributed by atoms with E-state index >= 15 is 0 Å². The number of hydrogen-bond acceptors (Lipinski definition) is 3. The van der Waals surface area contributed by atoms with Gasteiger partial charge in [-0.05, 0) is 24.3 Å². The van der Waals surface area contributed by atoms with Gasteiger partial charge >= 0.3 is 5.69 Å². The largest absolute Gasteiger partial charge is 0.348 e. The normalized spacial score (nSPS) is 10.1. The number of hydrogen-bond donors (Lipinski definition) is 1. The summed E-state index contributed by atoms with van der Waals surface area (Å²) in [5.74, 6) is 0.0511. The quantitative estimate of drug-likeness (QED) is 0.730. The van der Waals surface area contributed by atoms with Crippen LogP contribution < -0.4 is 5.69 Å². The van der Waals surface area contributed by atoms with Crippen LogP contribution >= 0.6 is 0 Å². The molecular weight excluding hydrogens is 185 g/mol. The van der Waals surface area contributed by atoms with Crippen molar-refractivity contribution in [2.24, 2.45) is 0 Å². The molecule has 0 saturated heterocycles. The molecule has 1 aromatic heterocycles. The van der Waals surface area contributed by atoms with Crippen molar-refractivity contribution in [2.45, 2.75) is 0 Å². The molecule has 0 bridgehead atoms. The molecule has 5 heteroatoms. The molecule has 70 valence electrons. The highest BCUT2D eigenvalue weighted by atomic mass is 19.1. The first-order valence-corrected chi connectivity index (χ1v) is 3.93. The average molecular weight is 191 g/mol. The Hall–Kier alpha value is -2.04. The fourth-order valence-electron chi connectivity index (χ4n) is 1.06. The van der Waals surface area contributed by atoms with Crippen molar-refractivity contribution in [2.75, 3.05) is 0 Å². The van der Waals surface area contributed by atoms with Gasteiger partial charge in [-0.1, -0.05) is 0 Å². The molecule has 0 amide bonds. The summed E-state index contributed by atoms with van der Waals surface area (Å²) in [5, 5.41) is 0. The molecule has 1 aromatic carbocycles. The van der Waals surface area contributed by atoms with Gasteiger partial charge in [-0.3, -0.25) is 4.98 Å². The SMILES string of the molecule is O=c1ncnc(-c2ccc(F)cc2)[nH]1. The lowest BCUT2D eigenvalue weighted by molar-refractivity contribution is 0.628. The molecule has 0 saturated carbocycles. The second kappa shape index (κ2) is 3.37. The van der Waals surface area contributed by atoms with Crippen molar-refractivity contribution < 1.29 is 4.39 Å². The van der Waals surface area contributed by atoms with Crippen LogP contribution in [0.15, 0.2) is 35.4 Å². The van der Waals surface area contributed by atoms with E-state index in [1.54, 1.807) is 0 Å². The number of rotatable bonds is 1. The number of H-pyrrole nitrogens is 1. The minimum absolute atomic E-state index is 0.329. The monoisotopic (exact) mass is 191 g/mol. The topological polar surface area (TPSA) is 58.6 Å². The third-order valence-corrected chi connectivity index (χ3v) is 1.70. The second-order valence-corrected chi connectivity index (χ2v) is 2.66. The van der Waals surface area contributed by atoms with E-state index in [4.69, 9.17) is 0 Å². The van der Waals surface area contributed by atoms with E-state index in [0.29, 0.717) is 11.4 Å². The molecule has 0 radical (unpaired) electrons. The van der Waals surface area contributed by atoms with Gasteiger partial charge in [-0.25, -0.2) is 14.2 Å². The summed E-state index contributed by atoms with van der Waals surface area (Å²) in [6.07, 6.45) is 1.16. The van der Waals surface area contributed by atoms with Crippen LogP contribution in [0.1, 0.15) is 0 Å². The zero-order valence-corrected chi connectivity index (χ0v) is 7.07. The van der Waals surface area contributed by atoms with Crippen LogP contribution in [0.3, 0.4) is 0 Å². The minimum Gasteiger partial charge on any atom is -0.290 e. The van der Waals surface area contributed by atoms with Crippen LogP contribution in [0.25, 0.3) is 11.4 Å². The van der Waals surface area contributed by atoms with E-state index in [1.165, 1.54) is 24.3 Å². The zero-order valence-electron chi connectivity index (χ0n) is 7.07. The van der Waals surface area contributed by atoms with Gasteiger partial charge in [0.2, 0.25) is 0 Å². The van der Waals surface area contributed by atoms with Crippen LogP contribution in [-0.4, -0.2) is 15.0 Å². The molecule has 0 aliphatic carbocycles. The molecule has 1 N–H and O–H groups in total. The van der Waals surface area contributed by atoms with Gasteiger partial charge in [-0.2, -0.15) is 4.98 Å². The molecule has 0 atom stereocenters. The molecule has 0 fully saturated rings. The smallest absolute Gasteiger partial charge is 0.290 e. The maximum atomic E-state index is 12.6. The van der Waals surface area contributed by atoms with E-state index < -0.39 is 5.69 Å². The summed E-state index contributed by atoms with van der Waals surface area (Å²) >= 11 is 0. The lowest BCUT2D eigenvalue weighted by Gasteiger charge is -1.97. The number of aromatic amines is 1. The fourth-order valence-corrected chi connectivity index (χ4v) is 1.06. The summed E-state index contributed by atoms with van der Waals surface area (Å²) < 4.78 is 12.6. The highest BCUT2D eigenvalue weighted by Gasteiger charge is 1.99. The van der Waals surface area contributed by atoms with Gasteiger partial charge in [0.1, 0.15) is 18.0 Å². The lowest BCUT2D eigenvalue weighted by atomic mass is 10.2. The van der Waals surface area contributed by atoms with Crippen LogP contribution in [0.5, 0.6) is 0 Å². The first-order chi connectivity index (χ1) is 6.75. The van der Waals surface area contributed by atoms with Crippen LogP contribution in [0, 0.1) is 5.82 Å². The Bertz CT molecular complexity index is 492. The highest BCUT2D eigenvalue weighted by molar-refractivity contribution is 5.53. The molecule has 2 aromatic rings. The van der Waals surface area contributed by atoms with Gasteiger partial charge < -0.3 is 0 Å². The Morgan fingerprint density at radius 2 is 1.86 bits per heavy atom. The molecule has 1 heterocycles. The Kier molecular flexibility index (Phi) is 2.06. The van der Waals surface area contributed by atoms with E-state index in [1.807, 2.05) is 0 Å². The number of nitrogens with one attached hydrogen (secondary N) is 1. The summed E-state index contributed by atoms with van der Waals surface area (Å²) in [5.41, 5.74) is 0.172. The third-order valence-electron chi connectivity index (χ3n) is 1.70. The molecule has 0 unspecified atom stereocenters. The predicted octanol–water partition coefficient (Wildman–Crippen LogP) is 0.971. The molecule has 2 rings (SSSR count). The fraction of sp³-hybridized carbons (Fsp3) is 0. The van der Waals surface area contributed by atoms with Gasteiger partial charge in [0.05, 0.1) is 0 Å². The average Bonchev–Trinajstić information content (AvgIpc) is 2.19. The van der Waals surface area contributed by atoms with Gasteiger partial charge in [-0.15, -0.1) is 0 Å². The minimum atomic E-state index is -0.473. The molecule has 0 aliphatic rings. The molecule has 0 spiro atoms. The maximum absolute atomic E-state index is 12.6. The number of nitrogens with zero attached hydrogens (tertiary/aromatic N) is 2. The zero-order chi connectivity index (χ0) is 9.97. The molecular formula is C9H6FN3O. The lowest BCUT2D eigenvalue weighted by Crippen LogP contribution is -2.11. The maximum Gasteiger partial charge on any atom is 0.348 e. The first kappa shape index (κ1) is 8.55. The van der Waals surface area contributed by atoms with Crippen LogP contribution in [-0.2, 0) is 0 Å². The van der Waals surface area contributed by atoms with E-state index in [-0.39, 0.29) is 5.82 Å². The predicted molar refractivity (Wildman–Crippen MR) is 48.0 cm³/mol. The van der Waals surface area contributed by atoms with Gasteiger partial charge in [0, 0.05) is 5.56 Å². The van der Waals surface area contributed by atoms with Crippen molar-refractivity contribution in [3.63, 3.8) is 0 Å². The molecule has 0 aliphatic heterocycles. The number of benzene rings is 1. The van der Waals surface area contributed by atoms with Crippen LogP contribution in [0.2, 0.25) is 0 Å². The van der Waals surface area contributed by atoms with Crippen molar-refractivity contribution in [3.8, 4) is 11.4 Å². The van der Waals surface area contributed by atoms with Gasteiger partial charge in [0.15, 0.2) is 0 Å². The van der Waals surface area contributed by atoms with E-state index in [2.05, 4.69) is 15.0 Å².